The molecule has 1 fully saturated rings. The van der Waals surface area contributed by atoms with Crippen LogP contribution in [0.4, 0.5) is 0 Å². The first-order valence-corrected chi connectivity index (χ1v) is 5.54. The number of nitrogens with zero attached hydrogens (tertiary/aromatic N) is 1. The zero-order valence-electron chi connectivity index (χ0n) is 8.14. The first-order chi connectivity index (χ1) is 7.20. The van der Waals surface area contributed by atoms with E-state index < -0.39 is 5.97 Å². The van der Waals surface area contributed by atoms with E-state index in [4.69, 9.17) is 5.11 Å². The Morgan fingerprint density at radius 2 is 2.40 bits per heavy atom. The van der Waals surface area contributed by atoms with Gasteiger partial charge in [-0.15, -0.1) is 0 Å². The Bertz CT molecular complexity index is 352. The van der Waals surface area contributed by atoms with Gasteiger partial charge >= 0.3 is 5.97 Å². The first kappa shape index (κ1) is 10.4. The summed E-state index contributed by atoms with van der Waals surface area (Å²) in [6, 6.07) is 5.68. The minimum Gasteiger partial charge on any atom is -0.481 e. The summed E-state index contributed by atoms with van der Waals surface area (Å²) in [7, 11) is 0. The molecule has 0 radical (unpaired) electrons. The molecule has 80 valence electrons. The van der Waals surface area contributed by atoms with Crippen LogP contribution in [-0.2, 0) is 4.79 Å². The summed E-state index contributed by atoms with van der Waals surface area (Å²) in [6.07, 6.45) is 1.91. The molecule has 1 aromatic heterocycles. The summed E-state index contributed by atoms with van der Waals surface area (Å²) in [5.74, 6) is -0.750. The van der Waals surface area contributed by atoms with Crippen molar-refractivity contribution < 1.29 is 9.90 Å². The van der Waals surface area contributed by atoms with Gasteiger partial charge < -0.3 is 10.4 Å². The predicted octanol–water partition coefficient (Wildman–Crippen LogP) is 0.990. The van der Waals surface area contributed by atoms with Gasteiger partial charge in [0.25, 0.3) is 0 Å². The highest BCUT2D eigenvalue weighted by Crippen LogP contribution is 2.37. The Morgan fingerprint density at radius 3 is 2.87 bits per heavy atom. The minimum atomic E-state index is -0.750. The van der Waals surface area contributed by atoms with Crippen LogP contribution in [0.2, 0.25) is 0 Å². The molecule has 15 heavy (non-hydrogen) atoms. The molecule has 1 aromatic rings. The van der Waals surface area contributed by atoms with Crippen LogP contribution in [0.5, 0.6) is 0 Å². The molecule has 0 unspecified atom stereocenters. The number of aromatic nitrogens is 1. The van der Waals surface area contributed by atoms with Gasteiger partial charge in [-0.1, -0.05) is 17.8 Å². The highest BCUT2D eigenvalue weighted by Gasteiger charge is 2.40. The molecule has 4 nitrogen and oxygen atoms in total. The van der Waals surface area contributed by atoms with Crippen molar-refractivity contribution in [1.82, 2.24) is 10.3 Å². The third-order valence-corrected chi connectivity index (χ3v) is 3.64. The van der Waals surface area contributed by atoms with Crippen LogP contribution in [0, 0.1) is 0 Å². The summed E-state index contributed by atoms with van der Waals surface area (Å²) in [5.41, 5.74) is 0. The van der Waals surface area contributed by atoms with Crippen molar-refractivity contribution in [2.45, 2.75) is 16.2 Å². The summed E-state index contributed by atoms with van der Waals surface area (Å²) in [5, 5.41) is 12.8. The second-order valence-electron chi connectivity index (χ2n) is 3.63. The molecule has 2 N–H and O–H groups in total. The van der Waals surface area contributed by atoms with Gasteiger partial charge in [0, 0.05) is 19.3 Å². The summed E-state index contributed by atoms with van der Waals surface area (Å²) >= 11 is 1.55. The van der Waals surface area contributed by atoms with Crippen LogP contribution < -0.4 is 5.32 Å². The molecule has 5 heteroatoms. The number of hydrogen-bond acceptors (Lipinski definition) is 4. The van der Waals surface area contributed by atoms with E-state index in [-0.39, 0.29) is 11.2 Å². The maximum Gasteiger partial charge on any atom is 0.304 e. The minimum absolute atomic E-state index is 0.182. The zero-order valence-corrected chi connectivity index (χ0v) is 8.96. The lowest BCUT2D eigenvalue weighted by Crippen LogP contribution is -2.58. The van der Waals surface area contributed by atoms with Gasteiger partial charge in [0.05, 0.1) is 16.2 Å². The number of carboxylic acids is 1. The molecule has 0 atom stereocenters. The van der Waals surface area contributed by atoms with E-state index in [2.05, 4.69) is 10.3 Å². The molecule has 2 heterocycles. The molecule has 2 rings (SSSR count). The van der Waals surface area contributed by atoms with E-state index in [1.165, 1.54) is 0 Å². The van der Waals surface area contributed by atoms with E-state index in [1.807, 2.05) is 18.2 Å². The first-order valence-electron chi connectivity index (χ1n) is 4.73. The molecule has 0 aromatic carbocycles. The maximum atomic E-state index is 10.7. The highest BCUT2D eigenvalue weighted by atomic mass is 32.2. The molecule has 1 aliphatic heterocycles. The van der Waals surface area contributed by atoms with Crippen LogP contribution in [0.25, 0.3) is 0 Å². The highest BCUT2D eigenvalue weighted by molar-refractivity contribution is 8.00. The summed E-state index contributed by atoms with van der Waals surface area (Å²) in [6.45, 7) is 1.47. The number of carbonyl (C=O) groups is 1. The Kier molecular flexibility index (Phi) is 2.93. The molecule has 1 aliphatic rings. The van der Waals surface area contributed by atoms with Crippen LogP contribution >= 0.6 is 11.8 Å². The SMILES string of the molecule is O=C(O)CC1(Sc2ccccn2)CNC1. The smallest absolute Gasteiger partial charge is 0.304 e. The number of pyridine rings is 1. The number of aliphatic carboxylic acids is 1. The van der Waals surface area contributed by atoms with Gasteiger partial charge in [-0.3, -0.25) is 4.79 Å². The molecular formula is C10H12N2O2S. The quantitative estimate of drug-likeness (QED) is 0.798. The average molecular weight is 224 g/mol. The zero-order chi connectivity index (χ0) is 10.7. The second kappa shape index (κ2) is 4.20. The van der Waals surface area contributed by atoms with Crippen molar-refractivity contribution in [2.24, 2.45) is 0 Å². The van der Waals surface area contributed by atoms with Gasteiger partial charge in [0.2, 0.25) is 0 Å². The van der Waals surface area contributed by atoms with Gasteiger partial charge in [0.1, 0.15) is 0 Å². The van der Waals surface area contributed by atoms with E-state index in [9.17, 15) is 4.79 Å². The fraction of sp³-hybridized carbons (Fsp3) is 0.400. The third-order valence-electron chi connectivity index (χ3n) is 2.33. The van der Waals surface area contributed by atoms with E-state index >= 15 is 0 Å². The standard InChI is InChI=1S/C10H12N2O2S/c13-9(14)5-10(6-11-7-10)15-8-3-1-2-4-12-8/h1-4,11H,5-7H2,(H,13,14). The van der Waals surface area contributed by atoms with E-state index in [1.54, 1.807) is 18.0 Å². The summed E-state index contributed by atoms with van der Waals surface area (Å²) in [4.78, 5) is 14.9. The summed E-state index contributed by atoms with van der Waals surface area (Å²) < 4.78 is -0.208. The normalized spacial score (nSPS) is 18.1. The van der Waals surface area contributed by atoms with Crippen molar-refractivity contribution in [3.63, 3.8) is 0 Å². The topological polar surface area (TPSA) is 62.2 Å². The molecule has 0 aliphatic carbocycles. The van der Waals surface area contributed by atoms with Gasteiger partial charge in [-0.2, -0.15) is 0 Å². The Labute approximate surface area is 92.1 Å². The van der Waals surface area contributed by atoms with Crippen molar-refractivity contribution in [1.29, 1.82) is 0 Å². The lowest BCUT2D eigenvalue weighted by Gasteiger charge is -2.40. The second-order valence-corrected chi connectivity index (χ2v) is 5.12. The lowest BCUT2D eigenvalue weighted by molar-refractivity contribution is -0.138. The number of carboxylic acid groups (broad SMARTS) is 1. The predicted molar refractivity (Wildman–Crippen MR) is 57.9 cm³/mol. The number of hydrogen-bond donors (Lipinski definition) is 2. The van der Waals surface area contributed by atoms with Gasteiger partial charge in [-0.05, 0) is 12.1 Å². The molecule has 0 amide bonds. The maximum absolute atomic E-state index is 10.7. The van der Waals surface area contributed by atoms with E-state index in [0.29, 0.717) is 0 Å². The lowest BCUT2D eigenvalue weighted by atomic mass is 9.98. The third kappa shape index (κ3) is 2.49. The number of nitrogens with one attached hydrogen (secondary N) is 1. The monoisotopic (exact) mass is 224 g/mol. The molecular weight excluding hydrogens is 212 g/mol. The fourth-order valence-electron chi connectivity index (χ4n) is 1.54. The van der Waals surface area contributed by atoms with Crippen LogP contribution in [-0.4, -0.2) is 33.9 Å². The Hall–Kier alpha value is -1.07. The van der Waals surface area contributed by atoms with Gasteiger partial charge in [0.15, 0.2) is 0 Å². The molecule has 0 saturated carbocycles. The van der Waals surface area contributed by atoms with E-state index in [0.717, 1.165) is 18.1 Å². The van der Waals surface area contributed by atoms with Crippen LogP contribution in [0.3, 0.4) is 0 Å². The number of thioether (sulfide) groups is 1. The van der Waals surface area contributed by atoms with Crippen molar-refractivity contribution in [2.75, 3.05) is 13.1 Å². The number of rotatable bonds is 4. The van der Waals surface area contributed by atoms with Crippen molar-refractivity contribution in [3.8, 4) is 0 Å². The largest absolute Gasteiger partial charge is 0.481 e. The van der Waals surface area contributed by atoms with Crippen LogP contribution in [0.1, 0.15) is 6.42 Å². The molecule has 1 saturated heterocycles. The van der Waals surface area contributed by atoms with Crippen molar-refractivity contribution in [3.05, 3.63) is 24.4 Å². The average Bonchev–Trinajstić information content (AvgIpc) is 2.15. The Morgan fingerprint density at radius 1 is 1.60 bits per heavy atom. The molecule has 0 bridgehead atoms. The van der Waals surface area contributed by atoms with Gasteiger partial charge in [-0.25, -0.2) is 4.98 Å². The fourth-order valence-corrected chi connectivity index (χ4v) is 2.79. The van der Waals surface area contributed by atoms with Crippen molar-refractivity contribution >= 4 is 17.7 Å². The molecule has 0 spiro atoms. The Balaban J connectivity index is 2.05. The van der Waals surface area contributed by atoms with Crippen LogP contribution in [0.15, 0.2) is 29.4 Å².